The summed E-state index contributed by atoms with van der Waals surface area (Å²) in [5, 5.41) is 1.16. The van der Waals surface area contributed by atoms with E-state index < -0.39 is 0 Å². The van der Waals surface area contributed by atoms with E-state index >= 15 is 0 Å². The molecule has 0 bridgehead atoms. The lowest BCUT2D eigenvalue weighted by molar-refractivity contribution is -0.132. The van der Waals surface area contributed by atoms with Gasteiger partial charge in [0.2, 0.25) is 5.91 Å². The first-order chi connectivity index (χ1) is 11.1. The van der Waals surface area contributed by atoms with Crippen LogP contribution in [0.3, 0.4) is 0 Å². The van der Waals surface area contributed by atoms with E-state index in [1.165, 1.54) is 5.56 Å². The van der Waals surface area contributed by atoms with Gasteiger partial charge in [-0.2, -0.15) is 0 Å². The maximum atomic E-state index is 12.5. The van der Waals surface area contributed by atoms with Crippen LogP contribution in [0.2, 0.25) is 0 Å². The second-order valence-electron chi connectivity index (χ2n) is 6.44. The standard InChI is InChI=1S/C19H26N2O2/c1-4-17-16(15-8-6-7-9-18(15)23-17)12-20(3)13-19(22)21(5-2)14-10-11-14/h6-9,14H,4-5,10-13H2,1-3H3. The van der Waals surface area contributed by atoms with E-state index in [1.54, 1.807) is 0 Å². The molecule has 1 aromatic carbocycles. The van der Waals surface area contributed by atoms with Crippen LogP contribution in [-0.2, 0) is 17.8 Å². The van der Waals surface area contributed by atoms with Crippen molar-refractivity contribution in [1.82, 2.24) is 9.80 Å². The highest BCUT2D eigenvalue weighted by Gasteiger charge is 2.31. The summed E-state index contributed by atoms with van der Waals surface area (Å²) in [6, 6.07) is 8.64. The third kappa shape index (κ3) is 3.42. The van der Waals surface area contributed by atoms with Crippen LogP contribution in [0.25, 0.3) is 11.0 Å². The Labute approximate surface area is 138 Å². The summed E-state index contributed by atoms with van der Waals surface area (Å²) in [6.45, 7) is 6.20. The number of hydrogen-bond donors (Lipinski definition) is 0. The molecule has 23 heavy (non-hydrogen) atoms. The molecule has 0 N–H and O–H groups in total. The molecule has 124 valence electrons. The fourth-order valence-electron chi connectivity index (χ4n) is 3.28. The molecule has 2 aromatic rings. The molecule has 1 aliphatic carbocycles. The molecule has 0 atom stereocenters. The number of carbonyl (C=O) groups excluding carboxylic acids is 1. The molecule has 0 aliphatic heterocycles. The lowest BCUT2D eigenvalue weighted by atomic mass is 10.1. The quantitative estimate of drug-likeness (QED) is 0.785. The fourth-order valence-corrected chi connectivity index (χ4v) is 3.28. The molecule has 1 heterocycles. The first-order valence-electron chi connectivity index (χ1n) is 8.61. The summed E-state index contributed by atoms with van der Waals surface area (Å²) in [4.78, 5) is 16.6. The Balaban J connectivity index is 1.72. The molecular weight excluding hydrogens is 288 g/mol. The van der Waals surface area contributed by atoms with Gasteiger partial charge >= 0.3 is 0 Å². The Morgan fingerprint density at radius 3 is 2.65 bits per heavy atom. The second kappa shape index (κ2) is 6.75. The van der Waals surface area contributed by atoms with Gasteiger partial charge in [0.15, 0.2) is 0 Å². The van der Waals surface area contributed by atoms with E-state index in [9.17, 15) is 4.79 Å². The monoisotopic (exact) mass is 314 g/mol. The zero-order chi connectivity index (χ0) is 16.4. The number of fused-ring (bicyclic) bond motifs is 1. The van der Waals surface area contributed by atoms with E-state index in [0.717, 1.165) is 49.1 Å². The van der Waals surface area contributed by atoms with Crippen molar-refractivity contribution in [3.05, 3.63) is 35.6 Å². The third-order valence-corrected chi connectivity index (χ3v) is 4.58. The summed E-state index contributed by atoms with van der Waals surface area (Å²) in [5.74, 6) is 1.27. The van der Waals surface area contributed by atoms with E-state index in [0.29, 0.717) is 12.6 Å². The number of aryl methyl sites for hydroxylation is 1. The van der Waals surface area contributed by atoms with Gasteiger partial charge in [0, 0.05) is 36.5 Å². The number of furan rings is 1. The highest BCUT2D eigenvalue weighted by molar-refractivity contribution is 5.82. The maximum Gasteiger partial charge on any atom is 0.236 e. The van der Waals surface area contributed by atoms with Gasteiger partial charge in [-0.15, -0.1) is 0 Å². The molecule has 3 rings (SSSR count). The second-order valence-corrected chi connectivity index (χ2v) is 6.44. The largest absolute Gasteiger partial charge is 0.461 e. The molecule has 1 amide bonds. The highest BCUT2D eigenvalue weighted by atomic mass is 16.3. The minimum absolute atomic E-state index is 0.239. The van der Waals surface area contributed by atoms with E-state index in [2.05, 4.69) is 24.8 Å². The summed E-state index contributed by atoms with van der Waals surface area (Å²) in [6.07, 6.45) is 3.19. The maximum absolute atomic E-state index is 12.5. The number of benzene rings is 1. The number of nitrogens with zero attached hydrogens (tertiary/aromatic N) is 2. The minimum Gasteiger partial charge on any atom is -0.461 e. The van der Waals surface area contributed by atoms with Crippen molar-refractivity contribution in [2.75, 3.05) is 20.1 Å². The number of carbonyl (C=O) groups is 1. The third-order valence-electron chi connectivity index (χ3n) is 4.58. The number of amides is 1. The van der Waals surface area contributed by atoms with Crippen LogP contribution in [0.1, 0.15) is 38.0 Å². The Morgan fingerprint density at radius 2 is 2.00 bits per heavy atom. The van der Waals surface area contributed by atoms with Crippen LogP contribution >= 0.6 is 0 Å². The van der Waals surface area contributed by atoms with Crippen LogP contribution in [-0.4, -0.2) is 41.9 Å². The van der Waals surface area contributed by atoms with E-state index in [-0.39, 0.29) is 5.91 Å². The summed E-state index contributed by atoms with van der Waals surface area (Å²) in [7, 11) is 2.01. The van der Waals surface area contributed by atoms with Gasteiger partial charge in [0.25, 0.3) is 0 Å². The minimum atomic E-state index is 0.239. The molecule has 1 fully saturated rings. The molecule has 0 unspecified atom stereocenters. The van der Waals surface area contributed by atoms with Gasteiger partial charge in [-0.1, -0.05) is 25.1 Å². The molecule has 1 saturated carbocycles. The first-order valence-corrected chi connectivity index (χ1v) is 8.61. The van der Waals surface area contributed by atoms with Crippen molar-refractivity contribution in [3.8, 4) is 0 Å². The average molecular weight is 314 g/mol. The SMILES string of the molecule is CCc1oc2ccccc2c1CN(C)CC(=O)N(CC)C1CC1. The van der Waals surface area contributed by atoms with Gasteiger partial charge in [-0.05, 0) is 32.9 Å². The summed E-state index contributed by atoms with van der Waals surface area (Å²) < 4.78 is 5.95. The van der Waals surface area contributed by atoms with Gasteiger partial charge in [0.05, 0.1) is 6.54 Å². The lowest BCUT2D eigenvalue weighted by Gasteiger charge is -2.24. The molecule has 4 nitrogen and oxygen atoms in total. The molecule has 1 aromatic heterocycles. The lowest BCUT2D eigenvalue weighted by Crippen LogP contribution is -2.40. The number of hydrogen-bond acceptors (Lipinski definition) is 3. The zero-order valence-corrected chi connectivity index (χ0v) is 14.3. The van der Waals surface area contributed by atoms with E-state index in [4.69, 9.17) is 4.42 Å². The average Bonchev–Trinajstić information content (AvgIpc) is 3.31. The molecule has 0 spiro atoms. The number of para-hydroxylation sites is 1. The van der Waals surface area contributed by atoms with Crippen molar-refractivity contribution >= 4 is 16.9 Å². The highest BCUT2D eigenvalue weighted by Crippen LogP contribution is 2.28. The van der Waals surface area contributed by atoms with Gasteiger partial charge in [-0.25, -0.2) is 0 Å². The molecule has 4 heteroatoms. The van der Waals surface area contributed by atoms with Gasteiger partial charge in [-0.3, -0.25) is 9.69 Å². The topological polar surface area (TPSA) is 36.7 Å². The van der Waals surface area contributed by atoms with Crippen LogP contribution in [0.15, 0.2) is 28.7 Å². The van der Waals surface area contributed by atoms with Crippen LogP contribution in [0.5, 0.6) is 0 Å². The number of likely N-dealkylation sites (N-methyl/N-ethyl adjacent to an activating group) is 2. The van der Waals surface area contributed by atoms with E-state index in [1.807, 2.05) is 30.1 Å². The normalized spacial score (nSPS) is 14.6. The molecular formula is C19H26N2O2. The Kier molecular flexibility index (Phi) is 4.71. The van der Waals surface area contributed by atoms with Crippen molar-refractivity contribution in [2.24, 2.45) is 0 Å². The summed E-state index contributed by atoms with van der Waals surface area (Å²) >= 11 is 0. The Bertz CT molecular complexity index is 688. The Morgan fingerprint density at radius 1 is 1.26 bits per heavy atom. The van der Waals surface area contributed by atoms with Crippen molar-refractivity contribution in [2.45, 2.75) is 45.7 Å². The Hall–Kier alpha value is -1.81. The van der Waals surface area contributed by atoms with Crippen molar-refractivity contribution < 1.29 is 9.21 Å². The molecule has 0 saturated heterocycles. The van der Waals surface area contributed by atoms with Gasteiger partial charge in [0.1, 0.15) is 11.3 Å². The van der Waals surface area contributed by atoms with Crippen LogP contribution < -0.4 is 0 Å². The van der Waals surface area contributed by atoms with Crippen molar-refractivity contribution in [1.29, 1.82) is 0 Å². The van der Waals surface area contributed by atoms with Crippen molar-refractivity contribution in [3.63, 3.8) is 0 Å². The molecule has 0 radical (unpaired) electrons. The van der Waals surface area contributed by atoms with Crippen LogP contribution in [0.4, 0.5) is 0 Å². The predicted molar refractivity (Wildman–Crippen MR) is 92.3 cm³/mol. The first kappa shape index (κ1) is 16.1. The predicted octanol–water partition coefficient (Wildman–Crippen LogP) is 3.44. The molecule has 1 aliphatic rings. The van der Waals surface area contributed by atoms with Gasteiger partial charge < -0.3 is 9.32 Å². The smallest absolute Gasteiger partial charge is 0.236 e. The zero-order valence-electron chi connectivity index (χ0n) is 14.3. The summed E-state index contributed by atoms with van der Waals surface area (Å²) in [5.41, 5.74) is 2.15. The number of rotatable bonds is 7. The van der Waals surface area contributed by atoms with Crippen LogP contribution in [0, 0.1) is 0 Å². The fraction of sp³-hybridized carbons (Fsp3) is 0.526.